The molecule has 0 amide bonds. The van der Waals surface area contributed by atoms with Crippen molar-refractivity contribution < 1.29 is 4.39 Å². The first-order valence-electron chi connectivity index (χ1n) is 8.96. The Morgan fingerprint density at radius 2 is 1.48 bits per heavy atom. The molecule has 0 N–H and O–H groups in total. The van der Waals surface area contributed by atoms with Gasteiger partial charge in [-0.2, -0.15) is 5.10 Å². The molecule has 29 heavy (non-hydrogen) atoms. The summed E-state index contributed by atoms with van der Waals surface area (Å²) < 4.78 is 18.3. The highest BCUT2D eigenvalue weighted by molar-refractivity contribution is 9.10. The first-order valence-corrected chi connectivity index (χ1v) is 10.9. The largest absolute Gasteiger partial charge is 0.259 e. The van der Waals surface area contributed by atoms with Gasteiger partial charge < -0.3 is 0 Å². The Morgan fingerprint density at radius 3 is 2.07 bits per heavy atom. The molecule has 1 aromatic heterocycles. The second-order valence-corrected chi connectivity index (χ2v) is 8.93. The SMILES string of the molecule is Cc1c(-c2ccc(Br)cc2)nn(Cc2c(F)cccc2Cl)c1-c1ccc(Br)cc1. The van der Waals surface area contributed by atoms with Gasteiger partial charge in [-0.15, -0.1) is 0 Å². The van der Waals surface area contributed by atoms with E-state index in [1.807, 2.05) is 60.1 Å². The van der Waals surface area contributed by atoms with Crippen molar-refractivity contribution >= 4 is 43.5 Å². The van der Waals surface area contributed by atoms with Gasteiger partial charge in [0, 0.05) is 36.2 Å². The van der Waals surface area contributed by atoms with Gasteiger partial charge in [0.15, 0.2) is 0 Å². The van der Waals surface area contributed by atoms with Crippen LogP contribution in [0.2, 0.25) is 5.02 Å². The maximum atomic E-state index is 14.5. The Balaban J connectivity index is 1.89. The summed E-state index contributed by atoms with van der Waals surface area (Å²) in [5, 5.41) is 5.24. The molecule has 3 aromatic carbocycles. The third-order valence-corrected chi connectivity index (χ3v) is 6.21. The van der Waals surface area contributed by atoms with Crippen molar-refractivity contribution in [2.75, 3.05) is 0 Å². The van der Waals surface area contributed by atoms with Crippen molar-refractivity contribution in [1.82, 2.24) is 9.78 Å². The van der Waals surface area contributed by atoms with E-state index in [-0.39, 0.29) is 12.4 Å². The molecule has 4 rings (SSSR count). The Bertz CT molecular complexity index is 1150. The van der Waals surface area contributed by atoms with Crippen molar-refractivity contribution in [2.24, 2.45) is 0 Å². The summed E-state index contributed by atoms with van der Waals surface area (Å²) in [5.74, 6) is -0.336. The van der Waals surface area contributed by atoms with E-state index in [0.717, 1.165) is 37.0 Å². The molecular weight excluding hydrogens is 519 g/mol. The minimum atomic E-state index is -0.336. The minimum Gasteiger partial charge on any atom is -0.259 e. The monoisotopic (exact) mass is 532 g/mol. The molecule has 0 bridgehead atoms. The van der Waals surface area contributed by atoms with Gasteiger partial charge in [-0.05, 0) is 43.3 Å². The van der Waals surface area contributed by atoms with E-state index >= 15 is 0 Å². The molecule has 0 atom stereocenters. The zero-order valence-corrected chi connectivity index (χ0v) is 19.4. The smallest absolute Gasteiger partial charge is 0.129 e. The van der Waals surface area contributed by atoms with Gasteiger partial charge in [-0.25, -0.2) is 4.39 Å². The van der Waals surface area contributed by atoms with Gasteiger partial charge in [0.1, 0.15) is 5.82 Å². The van der Waals surface area contributed by atoms with Gasteiger partial charge >= 0.3 is 0 Å². The summed E-state index contributed by atoms with van der Waals surface area (Å²) in [6.07, 6.45) is 0. The summed E-state index contributed by atoms with van der Waals surface area (Å²) >= 11 is 13.2. The molecule has 0 spiro atoms. The predicted octanol–water partition coefficient (Wildman–Crippen LogP) is 7.89. The standard InChI is InChI=1S/C23H16Br2ClFN2/c1-14-22(15-5-9-17(24)10-6-15)28-29(13-19-20(26)3-2-4-21(19)27)23(14)16-7-11-18(25)12-8-16/h2-12H,13H2,1H3. The van der Waals surface area contributed by atoms with Crippen LogP contribution in [0, 0.1) is 12.7 Å². The summed E-state index contributed by atoms with van der Waals surface area (Å²) in [7, 11) is 0. The normalized spacial score (nSPS) is 11.1. The summed E-state index contributed by atoms with van der Waals surface area (Å²) in [5.41, 5.74) is 5.27. The Labute approximate surface area is 190 Å². The van der Waals surface area contributed by atoms with E-state index in [1.165, 1.54) is 6.07 Å². The van der Waals surface area contributed by atoms with Crippen LogP contribution in [0.15, 0.2) is 75.7 Å². The van der Waals surface area contributed by atoms with E-state index in [1.54, 1.807) is 12.1 Å². The van der Waals surface area contributed by atoms with E-state index in [2.05, 4.69) is 31.9 Å². The highest BCUT2D eigenvalue weighted by Gasteiger charge is 2.19. The summed E-state index contributed by atoms with van der Waals surface area (Å²) in [6, 6.07) is 20.8. The van der Waals surface area contributed by atoms with Gasteiger partial charge in [0.2, 0.25) is 0 Å². The lowest BCUT2D eigenvalue weighted by Gasteiger charge is -2.11. The number of hydrogen-bond donors (Lipinski definition) is 0. The van der Waals surface area contributed by atoms with Crippen LogP contribution >= 0.6 is 43.5 Å². The minimum absolute atomic E-state index is 0.244. The first-order chi connectivity index (χ1) is 13.9. The van der Waals surface area contributed by atoms with Crippen LogP contribution in [-0.4, -0.2) is 9.78 Å². The third-order valence-electron chi connectivity index (χ3n) is 4.79. The van der Waals surface area contributed by atoms with E-state index < -0.39 is 0 Å². The number of hydrogen-bond acceptors (Lipinski definition) is 1. The molecule has 2 nitrogen and oxygen atoms in total. The number of aromatic nitrogens is 2. The Hall–Kier alpha value is -1.95. The van der Waals surface area contributed by atoms with Gasteiger partial charge in [0.05, 0.1) is 17.9 Å². The molecule has 146 valence electrons. The van der Waals surface area contributed by atoms with Gasteiger partial charge in [0.25, 0.3) is 0 Å². The van der Waals surface area contributed by atoms with Gasteiger partial charge in [-0.1, -0.05) is 73.8 Å². The molecule has 0 aliphatic rings. The van der Waals surface area contributed by atoms with Crippen molar-refractivity contribution in [3.8, 4) is 22.5 Å². The fraction of sp³-hybridized carbons (Fsp3) is 0.0870. The van der Waals surface area contributed by atoms with Crippen molar-refractivity contribution in [3.05, 3.63) is 97.6 Å². The average molecular weight is 535 g/mol. The van der Waals surface area contributed by atoms with Crippen LogP contribution in [0.1, 0.15) is 11.1 Å². The zero-order chi connectivity index (χ0) is 20.5. The molecule has 0 fully saturated rings. The van der Waals surface area contributed by atoms with Crippen LogP contribution in [0.5, 0.6) is 0 Å². The number of halogens is 4. The van der Waals surface area contributed by atoms with E-state index in [4.69, 9.17) is 16.7 Å². The highest BCUT2D eigenvalue weighted by Crippen LogP contribution is 2.34. The fourth-order valence-corrected chi connectivity index (χ4v) is 4.11. The second kappa shape index (κ2) is 8.42. The lowest BCUT2D eigenvalue weighted by molar-refractivity contribution is 0.587. The molecule has 0 aliphatic carbocycles. The van der Waals surface area contributed by atoms with Crippen LogP contribution in [0.25, 0.3) is 22.5 Å². The first kappa shape index (κ1) is 20.3. The quantitative estimate of drug-likeness (QED) is 0.260. The molecule has 4 aromatic rings. The van der Waals surface area contributed by atoms with Crippen molar-refractivity contribution in [1.29, 1.82) is 0 Å². The van der Waals surface area contributed by atoms with Crippen molar-refractivity contribution in [3.63, 3.8) is 0 Å². The van der Waals surface area contributed by atoms with Gasteiger partial charge in [-0.3, -0.25) is 4.68 Å². The zero-order valence-electron chi connectivity index (χ0n) is 15.5. The number of rotatable bonds is 4. The molecule has 0 aliphatic heterocycles. The number of benzene rings is 3. The molecule has 0 saturated heterocycles. The van der Waals surface area contributed by atoms with E-state index in [0.29, 0.717) is 10.6 Å². The lowest BCUT2D eigenvalue weighted by Crippen LogP contribution is -2.06. The molecule has 0 radical (unpaired) electrons. The Kier molecular flexibility index (Phi) is 5.91. The summed E-state index contributed by atoms with van der Waals surface area (Å²) in [6.45, 7) is 2.29. The van der Waals surface area contributed by atoms with Crippen LogP contribution in [0.3, 0.4) is 0 Å². The second-order valence-electron chi connectivity index (χ2n) is 6.69. The topological polar surface area (TPSA) is 17.8 Å². The molecular formula is C23H16Br2ClFN2. The molecule has 0 unspecified atom stereocenters. The highest BCUT2D eigenvalue weighted by atomic mass is 79.9. The van der Waals surface area contributed by atoms with Crippen LogP contribution < -0.4 is 0 Å². The molecule has 6 heteroatoms. The molecule has 0 saturated carbocycles. The maximum absolute atomic E-state index is 14.5. The maximum Gasteiger partial charge on any atom is 0.129 e. The summed E-state index contributed by atoms with van der Waals surface area (Å²) in [4.78, 5) is 0. The third kappa shape index (κ3) is 4.18. The average Bonchev–Trinajstić information content (AvgIpc) is 3.02. The van der Waals surface area contributed by atoms with Crippen molar-refractivity contribution in [2.45, 2.75) is 13.5 Å². The Morgan fingerprint density at radius 1 is 0.897 bits per heavy atom. The molecule has 1 heterocycles. The fourth-order valence-electron chi connectivity index (χ4n) is 3.35. The van der Waals surface area contributed by atoms with Crippen LogP contribution in [-0.2, 0) is 6.54 Å². The number of nitrogens with zero attached hydrogens (tertiary/aromatic N) is 2. The predicted molar refractivity (Wildman–Crippen MR) is 124 cm³/mol. The van der Waals surface area contributed by atoms with Crippen LogP contribution in [0.4, 0.5) is 4.39 Å². The lowest BCUT2D eigenvalue weighted by atomic mass is 10.0. The van der Waals surface area contributed by atoms with E-state index in [9.17, 15) is 4.39 Å².